The van der Waals surface area contributed by atoms with Crippen molar-refractivity contribution in [3.63, 3.8) is 0 Å². The summed E-state index contributed by atoms with van der Waals surface area (Å²) >= 11 is 0. The molecule has 0 bridgehead atoms. The molecule has 0 aliphatic carbocycles. The zero-order chi connectivity index (χ0) is 16.8. The summed E-state index contributed by atoms with van der Waals surface area (Å²) in [5, 5.41) is 12.2. The molecule has 2 heterocycles. The summed E-state index contributed by atoms with van der Waals surface area (Å²) in [7, 11) is 1.94. The van der Waals surface area contributed by atoms with Crippen LogP contribution in [-0.2, 0) is 4.94 Å². The molecule has 0 aromatic rings. The molecule has 1 atom stereocenters. The number of likely N-dealkylation sites (N-methyl/N-ethyl adjacent to an activating group) is 1. The summed E-state index contributed by atoms with van der Waals surface area (Å²) in [5.41, 5.74) is 15.5. The molecule has 0 saturated heterocycles. The van der Waals surface area contributed by atoms with Crippen molar-refractivity contribution in [2.75, 3.05) is 20.1 Å². The molecule has 0 amide bonds. The first-order valence-electron chi connectivity index (χ1n) is 7.71. The van der Waals surface area contributed by atoms with Gasteiger partial charge in [-0.05, 0) is 48.3 Å². The maximum Gasteiger partial charge on any atom is 0.355 e. The molecule has 2 aliphatic rings. The van der Waals surface area contributed by atoms with E-state index in [9.17, 15) is 10.1 Å². The lowest BCUT2D eigenvalue weighted by Gasteiger charge is -2.26. The van der Waals surface area contributed by atoms with Crippen LogP contribution in [0.1, 0.15) is 25.7 Å². The standard InChI is InChI=1S/C14H24N6O3/c1-18(9-3-5-11(16)4-2-8-15)12-6-7-14(20(21)22)19-13(12)10-17-23-19/h6-7,10-11,17H,2-5,8-9,15-16H2,1H3. The van der Waals surface area contributed by atoms with Gasteiger partial charge in [-0.25, -0.2) is 5.48 Å². The van der Waals surface area contributed by atoms with Gasteiger partial charge in [0, 0.05) is 25.7 Å². The molecule has 0 radical (unpaired) electrons. The summed E-state index contributed by atoms with van der Waals surface area (Å²) in [5.74, 6) is -0.123. The molecule has 5 N–H and O–H groups in total. The van der Waals surface area contributed by atoms with E-state index in [0.29, 0.717) is 12.2 Å². The molecule has 23 heavy (non-hydrogen) atoms. The Hall–Kier alpha value is -2.10. The lowest BCUT2D eigenvalue weighted by atomic mass is 10.1. The SMILES string of the molecule is CN(CCCC(N)CCCN)C1=CC=C([N+](=O)[O-])N2ONC=C12. The molecule has 128 valence electrons. The van der Waals surface area contributed by atoms with Gasteiger partial charge in [-0.15, -0.1) is 0 Å². The lowest BCUT2D eigenvalue weighted by molar-refractivity contribution is -0.465. The number of nitrogens with one attached hydrogen (secondary N) is 1. The minimum atomic E-state index is -0.482. The van der Waals surface area contributed by atoms with Crippen LogP contribution < -0.4 is 16.9 Å². The highest BCUT2D eigenvalue weighted by Crippen LogP contribution is 2.29. The molecule has 0 saturated carbocycles. The quantitative estimate of drug-likeness (QED) is 0.411. The molecule has 2 aliphatic heterocycles. The van der Waals surface area contributed by atoms with E-state index in [1.54, 1.807) is 12.3 Å². The molecule has 9 nitrogen and oxygen atoms in total. The lowest BCUT2D eigenvalue weighted by Crippen LogP contribution is -2.32. The first kappa shape index (κ1) is 17.3. The fraction of sp³-hybridized carbons (Fsp3) is 0.571. The number of hydroxylamine groups is 3. The number of allylic oxidation sites excluding steroid dienone is 2. The number of nitrogens with two attached hydrogens (primary N) is 2. The van der Waals surface area contributed by atoms with Crippen LogP contribution in [0.25, 0.3) is 0 Å². The van der Waals surface area contributed by atoms with Crippen molar-refractivity contribution in [2.45, 2.75) is 31.7 Å². The second-order valence-corrected chi connectivity index (χ2v) is 5.62. The average molecular weight is 324 g/mol. The van der Waals surface area contributed by atoms with Crippen molar-refractivity contribution in [3.8, 4) is 0 Å². The van der Waals surface area contributed by atoms with Crippen molar-refractivity contribution in [3.05, 3.63) is 45.7 Å². The monoisotopic (exact) mass is 324 g/mol. The molecule has 0 aromatic carbocycles. The van der Waals surface area contributed by atoms with Gasteiger partial charge in [-0.1, -0.05) is 4.94 Å². The fourth-order valence-corrected chi connectivity index (χ4v) is 2.59. The van der Waals surface area contributed by atoms with Crippen LogP contribution in [0.3, 0.4) is 0 Å². The third-order valence-corrected chi connectivity index (χ3v) is 3.87. The van der Waals surface area contributed by atoms with E-state index in [4.69, 9.17) is 16.4 Å². The largest absolute Gasteiger partial charge is 0.371 e. The summed E-state index contributed by atoms with van der Waals surface area (Å²) < 4.78 is 0. The van der Waals surface area contributed by atoms with Crippen LogP contribution in [0, 0.1) is 10.1 Å². The van der Waals surface area contributed by atoms with Crippen LogP contribution in [0.5, 0.6) is 0 Å². The van der Waals surface area contributed by atoms with E-state index >= 15 is 0 Å². The Morgan fingerprint density at radius 2 is 2.17 bits per heavy atom. The Morgan fingerprint density at radius 3 is 2.87 bits per heavy atom. The third-order valence-electron chi connectivity index (χ3n) is 3.87. The first-order valence-corrected chi connectivity index (χ1v) is 7.71. The minimum Gasteiger partial charge on any atom is -0.371 e. The molecular formula is C14H24N6O3. The Bertz CT molecular complexity index is 531. The Balaban J connectivity index is 1.91. The van der Waals surface area contributed by atoms with Crippen LogP contribution >= 0.6 is 0 Å². The first-order chi connectivity index (χ1) is 11.0. The number of fused-ring (bicyclic) bond motifs is 1. The van der Waals surface area contributed by atoms with Crippen LogP contribution in [0.15, 0.2) is 35.6 Å². The Morgan fingerprint density at radius 1 is 1.43 bits per heavy atom. The molecule has 0 fully saturated rings. The molecule has 2 rings (SSSR count). The summed E-state index contributed by atoms with van der Waals surface area (Å²) in [4.78, 5) is 17.6. The van der Waals surface area contributed by atoms with Crippen LogP contribution in [-0.4, -0.2) is 41.1 Å². The normalized spacial score (nSPS) is 17.7. The van der Waals surface area contributed by atoms with Gasteiger partial charge in [0.2, 0.25) is 5.70 Å². The van der Waals surface area contributed by atoms with Crippen LogP contribution in [0.4, 0.5) is 0 Å². The average Bonchev–Trinajstić information content (AvgIpc) is 3.00. The van der Waals surface area contributed by atoms with Gasteiger partial charge >= 0.3 is 5.82 Å². The topological polar surface area (TPSA) is 123 Å². The fourth-order valence-electron chi connectivity index (χ4n) is 2.59. The molecule has 0 aromatic heterocycles. The van der Waals surface area contributed by atoms with E-state index in [-0.39, 0.29) is 11.9 Å². The van der Waals surface area contributed by atoms with E-state index in [1.807, 2.05) is 11.9 Å². The van der Waals surface area contributed by atoms with Gasteiger partial charge in [-0.2, -0.15) is 0 Å². The number of hydrogen-bond donors (Lipinski definition) is 3. The van der Waals surface area contributed by atoms with E-state index in [1.165, 1.54) is 11.1 Å². The van der Waals surface area contributed by atoms with Gasteiger partial charge in [0.25, 0.3) is 0 Å². The van der Waals surface area contributed by atoms with E-state index < -0.39 is 4.92 Å². The summed E-state index contributed by atoms with van der Waals surface area (Å²) in [6.07, 6.45) is 8.51. The minimum absolute atomic E-state index is 0.123. The van der Waals surface area contributed by atoms with Crippen molar-refractivity contribution in [1.82, 2.24) is 15.4 Å². The number of hydrogen-bond acceptors (Lipinski definition) is 8. The summed E-state index contributed by atoms with van der Waals surface area (Å²) in [6, 6.07) is 0.167. The second-order valence-electron chi connectivity index (χ2n) is 5.62. The number of rotatable bonds is 9. The molecule has 1 unspecified atom stereocenters. The highest BCUT2D eigenvalue weighted by Gasteiger charge is 2.38. The number of nitro groups is 1. The molecule has 0 spiro atoms. The van der Waals surface area contributed by atoms with Crippen molar-refractivity contribution in [2.24, 2.45) is 11.5 Å². The smallest absolute Gasteiger partial charge is 0.355 e. The maximum atomic E-state index is 11.0. The van der Waals surface area contributed by atoms with Crippen molar-refractivity contribution < 1.29 is 9.86 Å². The Labute approximate surface area is 135 Å². The van der Waals surface area contributed by atoms with Gasteiger partial charge in [0.15, 0.2) is 0 Å². The summed E-state index contributed by atoms with van der Waals surface area (Å²) in [6.45, 7) is 1.47. The predicted molar refractivity (Wildman–Crippen MR) is 85.4 cm³/mol. The van der Waals surface area contributed by atoms with Gasteiger partial charge in [0.05, 0.1) is 11.9 Å². The molecular weight excluding hydrogens is 300 g/mol. The molecule has 9 heteroatoms. The van der Waals surface area contributed by atoms with Crippen LogP contribution in [0.2, 0.25) is 0 Å². The van der Waals surface area contributed by atoms with Gasteiger partial charge in [-0.3, -0.25) is 0 Å². The third kappa shape index (κ3) is 4.21. The highest BCUT2D eigenvalue weighted by molar-refractivity contribution is 5.37. The predicted octanol–water partition coefficient (Wildman–Crippen LogP) is 0.373. The Kier molecular flexibility index (Phi) is 5.97. The van der Waals surface area contributed by atoms with Crippen molar-refractivity contribution >= 4 is 0 Å². The van der Waals surface area contributed by atoms with Gasteiger partial charge < -0.3 is 26.5 Å². The van der Waals surface area contributed by atoms with Crippen molar-refractivity contribution in [1.29, 1.82) is 0 Å². The van der Waals surface area contributed by atoms with E-state index in [0.717, 1.165) is 37.9 Å². The number of nitrogens with zero attached hydrogens (tertiary/aromatic N) is 3. The van der Waals surface area contributed by atoms with E-state index in [2.05, 4.69) is 5.48 Å². The zero-order valence-electron chi connectivity index (χ0n) is 13.3. The zero-order valence-corrected chi connectivity index (χ0v) is 13.3. The second kappa shape index (κ2) is 7.95. The highest BCUT2D eigenvalue weighted by atomic mass is 16.8. The maximum absolute atomic E-state index is 11.0. The van der Waals surface area contributed by atoms with Gasteiger partial charge in [0.1, 0.15) is 0 Å².